The quantitative estimate of drug-likeness (QED) is 0.846. The molecule has 3 rings (SSSR count). The van der Waals surface area contributed by atoms with Crippen LogP contribution in [0.4, 0.5) is 5.69 Å². The van der Waals surface area contributed by atoms with Crippen molar-refractivity contribution in [3.8, 4) is 0 Å². The first-order valence-electron chi connectivity index (χ1n) is 8.19. The van der Waals surface area contributed by atoms with E-state index < -0.39 is 15.9 Å². The lowest BCUT2D eigenvalue weighted by Crippen LogP contribution is -2.42. The molecule has 0 fully saturated rings. The predicted molar refractivity (Wildman–Crippen MR) is 100 cm³/mol. The Balaban J connectivity index is 1.97. The minimum absolute atomic E-state index is 0.0689. The first-order chi connectivity index (χ1) is 11.8. The summed E-state index contributed by atoms with van der Waals surface area (Å²) < 4.78 is 23.7. The van der Waals surface area contributed by atoms with E-state index in [0.29, 0.717) is 0 Å². The molecule has 1 amide bonds. The third-order valence-corrected chi connectivity index (χ3v) is 5.57. The van der Waals surface area contributed by atoms with Crippen molar-refractivity contribution in [2.75, 3.05) is 10.7 Å². The fourth-order valence-corrected chi connectivity index (χ4v) is 4.45. The lowest BCUT2D eigenvalue weighted by molar-refractivity contribution is -0.118. The molecule has 25 heavy (non-hydrogen) atoms. The second-order valence-corrected chi connectivity index (χ2v) is 8.43. The lowest BCUT2D eigenvalue weighted by atomic mass is 10.1. The van der Waals surface area contributed by atoms with Gasteiger partial charge in [-0.25, -0.2) is 8.42 Å². The van der Waals surface area contributed by atoms with Crippen molar-refractivity contribution >= 4 is 21.4 Å². The van der Waals surface area contributed by atoms with Crippen LogP contribution in [0.3, 0.4) is 0 Å². The highest BCUT2D eigenvalue weighted by molar-refractivity contribution is 7.94. The Kier molecular flexibility index (Phi) is 4.77. The number of anilines is 1. The topological polar surface area (TPSA) is 54.5 Å². The predicted octanol–water partition coefficient (Wildman–Crippen LogP) is 3.19. The number of benzene rings is 2. The van der Waals surface area contributed by atoms with Gasteiger partial charge >= 0.3 is 0 Å². The summed E-state index contributed by atoms with van der Waals surface area (Å²) in [6.07, 6.45) is 1.84. The van der Waals surface area contributed by atoms with E-state index in [1.807, 2.05) is 62.4 Å². The summed E-state index contributed by atoms with van der Waals surface area (Å²) >= 11 is 0. The first-order valence-corrected chi connectivity index (χ1v) is 9.91. The summed E-state index contributed by atoms with van der Waals surface area (Å²) in [6, 6.07) is 14.9. The molecule has 1 aliphatic heterocycles. The molecule has 0 bridgehead atoms. The molecule has 0 N–H and O–H groups in total. The van der Waals surface area contributed by atoms with Crippen molar-refractivity contribution < 1.29 is 13.2 Å². The van der Waals surface area contributed by atoms with Crippen LogP contribution in [0, 0.1) is 13.8 Å². The molecule has 0 saturated heterocycles. The molecule has 0 aromatic heterocycles. The Hall–Kier alpha value is -2.40. The SMILES string of the molecule is Cc1cc(C)cc(N(C(=O)Cc2ccccc2)C2C=CS(=O)(=O)C2)c1. The summed E-state index contributed by atoms with van der Waals surface area (Å²) in [6.45, 7) is 3.94. The normalized spacial score (nSPS) is 18.2. The van der Waals surface area contributed by atoms with Gasteiger partial charge in [0.1, 0.15) is 0 Å². The molecule has 2 aromatic rings. The molecule has 1 atom stereocenters. The van der Waals surface area contributed by atoms with Crippen molar-refractivity contribution in [2.24, 2.45) is 0 Å². The Morgan fingerprint density at radius 2 is 1.72 bits per heavy atom. The number of carbonyl (C=O) groups is 1. The van der Waals surface area contributed by atoms with Gasteiger partial charge in [0, 0.05) is 11.1 Å². The number of aryl methyl sites for hydroxylation is 2. The van der Waals surface area contributed by atoms with E-state index >= 15 is 0 Å². The van der Waals surface area contributed by atoms with Gasteiger partial charge in [-0.05, 0) is 48.7 Å². The Bertz CT molecular complexity index is 897. The summed E-state index contributed by atoms with van der Waals surface area (Å²) in [5.74, 6) is -0.177. The van der Waals surface area contributed by atoms with E-state index in [4.69, 9.17) is 0 Å². The van der Waals surface area contributed by atoms with Crippen LogP contribution < -0.4 is 4.90 Å². The Labute approximate surface area is 148 Å². The van der Waals surface area contributed by atoms with Gasteiger partial charge in [-0.15, -0.1) is 0 Å². The van der Waals surface area contributed by atoms with E-state index in [9.17, 15) is 13.2 Å². The van der Waals surface area contributed by atoms with Crippen LogP contribution in [0.2, 0.25) is 0 Å². The molecule has 130 valence electrons. The zero-order chi connectivity index (χ0) is 18.0. The number of hydrogen-bond acceptors (Lipinski definition) is 3. The van der Waals surface area contributed by atoms with Crippen LogP contribution in [0.15, 0.2) is 60.0 Å². The zero-order valence-electron chi connectivity index (χ0n) is 14.3. The molecule has 1 heterocycles. The minimum Gasteiger partial charge on any atom is -0.304 e. The van der Waals surface area contributed by atoms with Crippen LogP contribution in [0.5, 0.6) is 0 Å². The Morgan fingerprint density at radius 3 is 2.28 bits per heavy atom. The van der Waals surface area contributed by atoms with Crippen LogP contribution in [-0.2, 0) is 21.1 Å². The van der Waals surface area contributed by atoms with Gasteiger partial charge in [-0.2, -0.15) is 0 Å². The van der Waals surface area contributed by atoms with Gasteiger partial charge in [0.15, 0.2) is 9.84 Å². The zero-order valence-corrected chi connectivity index (χ0v) is 15.2. The van der Waals surface area contributed by atoms with Crippen LogP contribution in [-0.4, -0.2) is 26.1 Å². The van der Waals surface area contributed by atoms with Gasteiger partial charge in [0.05, 0.1) is 18.2 Å². The summed E-state index contributed by atoms with van der Waals surface area (Å²) in [5.41, 5.74) is 3.73. The molecule has 0 saturated carbocycles. The van der Waals surface area contributed by atoms with Gasteiger partial charge in [0.25, 0.3) is 0 Å². The lowest BCUT2D eigenvalue weighted by Gasteiger charge is -2.28. The minimum atomic E-state index is -3.25. The maximum absolute atomic E-state index is 13.0. The van der Waals surface area contributed by atoms with Crippen molar-refractivity contribution in [3.63, 3.8) is 0 Å². The summed E-state index contributed by atoms with van der Waals surface area (Å²) in [7, 11) is -3.25. The van der Waals surface area contributed by atoms with Crippen LogP contribution >= 0.6 is 0 Å². The van der Waals surface area contributed by atoms with Crippen molar-refractivity contribution in [1.82, 2.24) is 0 Å². The number of amides is 1. The highest BCUT2D eigenvalue weighted by Gasteiger charge is 2.31. The van der Waals surface area contributed by atoms with E-state index in [1.54, 1.807) is 11.0 Å². The van der Waals surface area contributed by atoms with E-state index in [0.717, 1.165) is 22.4 Å². The molecule has 5 heteroatoms. The number of sulfone groups is 1. The van der Waals surface area contributed by atoms with Gasteiger partial charge in [-0.1, -0.05) is 36.4 Å². The maximum Gasteiger partial charge on any atom is 0.231 e. The third-order valence-electron chi connectivity index (χ3n) is 4.19. The molecule has 2 aromatic carbocycles. The first kappa shape index (κ1) is 17.4. The summed E-state index contributed by atoms with van der Waals surface area (Å²) in [5, 5.41) is 1.21. The number of hydrogen-bond donors (Lipinski definition) is 0. The Morgan fingerprint density at radius 1 is 1.08 bits per heavy atom. The number of carbonyl (C=O) groups excluding carboxylic acids is 1. The third kappa shape index (κ3) is 4.17. The molecule has 0 spiro atoms. The van der Waals surface area contributed by atoms with E-state index in [2.05, 4.69) is 0 Å². The molecule has 4 nitrogen and oxygen atoms in total. The molecular formula is C20H21NO3S. The van der Waals surface area contributed by atoms with Gasteiger partial charge in [-0.3, -0.25) is 4.79 Å². The fraction of sp³-hybridized carbons (Fsp3) is 0.250. The number of rotatable bonds is 4. The van der Waals surface area contributed by atoms with E-state index in [-0.39, 0.29) is 18.1 Å². The van der Waals surface area contributed by atoms with Crippen LogP contribution in [0.1, 0.15) is 16.7 Å². The average molecular weight is 355 g/mol. The monoisotopic (exact) mass is 355 g/mol. The maximum atomic E-state index is 13.0. The fourth-order valence-electron chi connectivity index (χ4n) is 3.19. The highest BCUT2D eigenvalue weighted by Crippen LogP contribution is 2.26. The molecule has 0 radical (unpaired) electrons. The second kappa shape index (κ2) is 6.84. The standard InChI is InChI=1S/C20H21NO3S/c1-15-10-16(2)12-19(11-15)21(18-8-9-25(23,24)14-18)20(22)13-17-6-4-3-5-7-17/h3-12,18H,13-14H2,1-2H3. The van der Waals surface area contributed by atoms with Crippen LogP contribution in [0.25, 0.3) is 0 Å². The molecule has 0 aliphatic carbocycles. The van der Waals surface area contributed by atoms with Crippen molar-refractivity contribution in [3.05, 3.63) is 76.7 Å². The molecule has 1 unspecified atom stereocenters. The second-order valence-electron chi connectivity index (χ2n) is 6.50. The van der Waals surface area contributed by atoms with E-state index in [1.165, 1.54) is 5.41 Å². The van der Waals surface area contributed by atoms with Crippen molar-refractivity contribution in [1.29, 1.82) is 0 Å². The largest absolute Gasteiger partial charge is 0.304 e. The average Bonchev–Trinajstić information content (AvgIpc) is 2.87. The number of nitrogens with zero attached hydrogens (tertiary/aromatic N) is 1. The highest BCUT2D eigenvalue weighted by atomic mass is 32.2. The summed E-state index contributed by atoms with van der Waals surface area (Å²) in [4.78, 5) is 14.7. The molecule has 1 aliphatic rings. The van der Waals surface area contributed by atoms with Gasteiger partial charge < -0.3 is 4.90 Å². The van der Waals surface area contributed by atoms with Gasteiger partial charge in [0.2, 0.25) is 5.91 Å². The molecular weight excluding hydrogens is 334 g/mol. The smallest absolute Gasteiger partial charge is 0.231 e. The van der Waals surface area contributed by atoms with Crippen molar-refractivity contribution in [2.45, 2.75) is 26.3 Å².